The second kappa shape index (κ2) is 6.12. The van der Waals surface area contributed by atoms with Crippen LogP contribution >= 0.6 is 0 Å². The highest BCUT2D eigenvalue weighted by atomic mass is 16.3. The van der Waals surface area contributed by atoms with E-state index in [1.165, 1.54) is 12.8 Å². The van der Waals surface area contributed by atoms with Crippen LogP contribution in [0.1, 0.15) is 43.0 Å². The van der Waals surface area contributed by atoms with E-state index in [4.69, 9.17) is 4.42 Å². The molecule has 0 aliphatic carbocycles. The zero-order valence-corrected chi connectivity index (χ0v) is 12.3. The van der Waals surface area contributed by atoms with Gasteiger partial charge in [0.05, 0.1) is 6.20 Å². The number of hydrogen-bond acceptors (Lipinski definition) is 3. The van der Waals surface area contributed by atoms with E-state index in [1.807, 2.05) is 29.2 Å². The third kappa shape index (κ3) is 2.84. The minimum Gasteiger partial charge on any atom is -0.444 e. The first-order valence-corrected chi connectivity index (χ1v) is 7.59. The molecule has 1 aromatic heterocycles. The lowest BCUT2D eigenvalue weighted by molar-refractivity contribution is 0.0608. The Morgan fingerprint density at radius 1 is 1.33 bits per heavy atom. The lowest BCUT2D eigenvalue weighted by Crippen LogP contribution is -2.43. The second-order valence-electron chi connectivity index (χ2n) is 5.50. The van der Waals surface area contributed by atoms with Crippen LogP contribution in [0.25, 0.3) is 11.3 Å². The zero-order chi connectivity index (χ0) is 14.7. The lowest BCUT2D eigenvalue weighted by atomic mass is 9.98. The summed E-state index contributed by atoms with van der Waals surface area (Å²) in [7, 11) is 0. The molecular weight excluding hydrogens is 264 g/mol. The Labute approximate surface area is 124 Å². The fourth-order valence-corrected chi connectivity index (χ4v) is 2.99. The maximum Gasteiger partial charge on any atom is 0.254 e. The molecule has 4 nitrogen and oxygen atoms in total. The number of rotatable bonds is 3. The average molecular weight is 284 g/mol. The Kier molecular flexibility index (Phi) is 4.04. The summed E-state index contributed by atoms with van der Waals surface area (Å²) in [5.41, 5.74) is 1.69. The monoisotopic (exact) mass is 284 g/mol. The molecule has 0 bridgehead atoms. The molecule has 1 saturated heterocycles. The number of hydrogen-bond donors (Lipinski definition) is 0. The van der Waals surface area contributed by atoms with Gasteiger partial charge in [-0.3, -0.25) is 4.79 Å². The molecule has 0 spiro atoms. The van der Waals surface area contributed by atoms with Crippen molar-refractivity contribution in [1.29, 1.82) is 0 Å². The highest BCUT2D eigenvalue weighted by Gasteiger charge is 2.26. The Morgan fingerprint density at radius 2 is 2.14 bits per heavy atom. The molecule has 1 amide bonds. The Hall–Kier alpha value is -2.10. The van der Waals surface area contributed by atoms with Crippen molar-refractivity contribution in [2.24, 2.45) is 0 Å². The molecule has 1 fully saturated rings. The van der Waals surface area contributed by atoms with E-state index >= 15 is 0 Å². The summed E-state index contributed by atoms with van der Waals surface area (Å²) >= 11 is 0. The van der Waals surface area contributed by atoms with Crippen LogP contribution in [0.5, 0.6) is 0 Å². The van der Waals surface area contributed by atoms with Crippen LogP contribution < -0.4 is 0 Å². The van der Waals surface area contributed by atoms with Crippen LogP contribution in [0.3, 0.4) is 0 Å². The first-order valence-electron chi connectivity index (χ1n) is 7.59. The van der Waals surface area contributed by atoms with E-state index in [1.54, 1.807) is 6.20 Å². The molecular formula is C17H20N2O2. The first-order chi connectivity index (χ1) is 10.3. The number of carbonyl (C=O) groups excluding carboxylic acids is 1. The molecule has 1 aromatic carbocycles. The number of amides is 1. The number of carbonyl (C=O) groups is 1. The SMILES string of the molecule is CC[C@H]1CCCCN1C(=O)c1ccc(-c2cnco2)cc1. The van der Waals surface area contributed by atoms with Crippen LogP contribution in [-0.2, 0) is 0 Å². The van der Waals surface area contributed by atoms with Gasteiger partial charge >= 0.3 is 0 Å². The van der Waals surface area contributed by atoms with Crippen molar-refractivity contribution < 1.29 is 9.21 Å². The van der Waals surface area contributed by atoms with Crippen molar-refractivity contribution in [1.82, 2.24) is 9.88 Å². The van der Waals surface area contributed by atoms with Gasteiger partial charge in [-0.2, -0.15) is 0 Å². The Balaban J connectivity index is 1.78. The van der Waals surface area contributed by atoms with E-state index in [0.717, 1.165) is 42.7 Å². The van der Waals surface area contributed by atoms with Gasteiger partial charge in [-0.1, -0.05) is 19.1 Å². The topological polar surface area (TPSA) is 46.3 Å². The summed E-state index contributed by atoms with van der Waals surface area (Å²) in [5, 5.41) is 0. The second-order valence-corrected chi connectivity index (χ2v) is 5.50. The summed E-state index contributed by atoms with van der Waals surface area (Å²) in [5.74, 6) is 0.865. The van der Waals surface area contributed by atoms with E-state index in [0.29, 0.717) is 6.04 Å². The van der Waals surface area contributed by atoms with Crippen molar-refractivity contribution >= 4 is 5.91 Å². The summed E-state index contributed by atoms with van der Waals surface area (Å²) in [6, 6.07) is 7.97. The van der Waals surface area contributed by atoms with Crippen LogP contribution in [0.15, 0.2) is 41.3 Å². The van der Waals surface area contributed by atoms with Crippen molar-refractivity contribution in [3.8, 4) is 11.3 Å². The maximum atomic E-state index is 12.7. The van der Waals surface area contributed by atoms with Crippen LogP contribution in [0, 0.1) is 0 Å². The standard InChI is InChI=1S/C17H20N2O2/c1-2-15-5-3-4-10-19(15)17(20)14-8-6-13(7-9-14)16-11-18-12-21-16/h6-9,11-12,15H,2-5,10H2,1H3/t15-/m0/s1. The normalized spacial score (nSPS) is 18.7. The van der Waals surface area contributed by atoms with Crippen LogP contribution in [0.2, 0.25) is 0 Å². The molecule has 110 valence electrons. The Bertz CT molecular complexity index is 590. The highest BCUT2D eigenvalue weighted by Crippen LogP contribution is 2.23. The number of nitrogens with zero attached hydrogens (tertiary/aromatic N) is 2. The van der Waals surface area contributed by atoms with E-state index in [9.17, 15) is 4.79 Å². The predicted octanol–water partition coefficient (Wildman–Crippen LogP) is 3.75. The highest BCUT2D eigenvalue weighted by molar-refractivity contribution is 5.95. The average Bonchev–Trinajstić information content (AvgIpc) is 3.09. The van der Waals surface area contributed by atoms with Gasteiger partial charge in [0.25, 0.3) is 5.91 Å². The fraction of sp³-hybridized carbons (Fsp3) is 0.412. The van der Waals surface area contributed by atoms with Gasteiger partial charge in [0, 0.05) is 23.7 Å². The van der Waals surface area contributed by atoms with Crippen molar-refractivity contribution in [3.63, 3.8) is 0 Å². The molecule has 1 aliphatic rings. The number of piperidine rings is 1. The molecule has 0 N–H and O–H groups in total. The van der Waals surface area contributed by atoms with Gasteiger partial charge in [-0.25, -0.2) is 4.98 Å². The van der Waals surface area contributed by atoms with E-state index in [2.05, 4.69) is 11.9 Å². The predicted molar refractivity (Wildman–Crippen MR) is 80.9 cm³/mol. The van der Waals surface area contributed by atoms with Crippen LogP contribution in [0.4, 0.5) is 0 Å². The van der Waals surface area contributed by atoms with Gasteiger partial charge < -0.3 is 9.32 Å². The van der Waals surface area contributed by atoms with E-state index < -0.39 is 0 Å². The third-order valence-electron chi connectivity index (χ3n) is 4.21. The maximum absolute atomic E-state index is 12.7. The van der Waals surface area contributed by atoms with Gasteiger partial charge in [0.1, 0.15) is 0 Å². The largest absolute Gasteiger partial charge is 0.444 e. The van der Waals surface area contributed by atoms with Gasteiger partial charge in [0.2, 0.25) is 0 Å². The molecule has 21 heavy (non-hydrogen) atoms. The molecule has 0 saturated carbocycles. The molecule has 2 heterocycles. The summed E-state index contributed by atoms with van der Waals surface area (Å²) in [6.07, 6.45) is 7.58. The number of benzene rings is 1. The molecule has 1 aliphatic heterocycles. The number of aromatic nitrogens is 1. The van der Waals surface area contributed by atoms with Gasteiger partial charge in [0.15, 0.2) is 12.2 Å². The zero-order valence-electron chi connectivity index (χ0n) is 12.3. The van der Waals surface area contributed by atoms with Crippen LogP contribution in [-0.4, -0.2) is 28.4 Å². The van der Waals surface area contributed by atoms with Crippen molar-refractivity contribution in [2.75, 3.05) is 6.54 Å². The molecule has 1 atom stereocenters. The first kappa shape index (κ1) is 13.9. The van der Waals surface area contributed by atoms with Gasteiger partial charge in [-0.05, 0) is 37.8 Å². The van der Waals surface area contributed by atoms with Crippen molar-refractivity contribution in [3.05, 3.63) is 42.4 Å². The van der Waals surface area contributed by atoms with E-state index in [-0.39, 0.29) is 5.91 Å². The third-order valence-corrected chi connectivity index (χ3v) is 4.21. The lowest BCUT2D eigenvalue weighted by Gasteiger charge is -2.35. The molecule has 2 aromatic rings. The molecule has 0 radical (unpaired) electrons. The van der Waals surface area contributed by atoms with Gasteiger partial charge in [-0.15, -0.1) is 0 Å². The Morgan fingerprint density at radius 3 is 2.81 bits per heavy atom. The number of oxazole rings is 1. The molecule has 4 heteroatoms. The minimum absolute atomic E-state index is 0.144. The molecule has 0 unspecified atom stereocenters. The quantitative estimate of drug-likeness (QED) is 0.862. The molecule has 3 rings (SSSR count). The summed E-state index contributed by atoms with van der Waals surface area (Å²) < 4.78 is 5.26. The fourth-order valence-electron chi connectivity index (χ4n) is 2.99. The minimum atomic E-state index is 0.144. The van der Waals surface area contributed by atoms with Crippen molar-refractivity contribution in [2.45, 2.75) is 38.6 Å². The summed E-state index contributed by atoms with van der Waals surface area (Å²) in [4.78, 5) is 18.6. The number of likely N-dealkylation sites (tertiary alicyclic amines) is 1. The smallest absolute Gasteiger partial charge is 0.254 e. The summed E-state index contributed by atoms with van der Waals surface area (Å²) in [6.45, 7) is 3.03.